The molecule has 0 radical (unpaired) electrons. The van der Waals surface area contributed by atoms with Crippen LogP contribution in [0.3, 0.4) is 0 Å². The van der Waals surface area contributed by atoms with E-state index in [9.17, 15) is 9.90 Å². The number of aliphatic hydroxyl groups is 1. The number of hydrogen-bond acceptors (Lipinski definition) is 8. The summed E-state index contributed by atoms with van der Waals surface area (Å²) < 4.78 is 12.2. The van der Waals surface area contributed by atoms with Crippen molar-refractivity contribution < 1.29 is 19.4 Å². The summed E-state index contributed by atoms with van der Waals surface area (Å²) in [6.45, 7) is 2.88. The molecule has 0 aliphatic carbocycles. The van der Waals surface area contributed by atoms with E-state index in [4.69, 9.17) is 9.47 Å². The number of nitrogens with one attached hydrogen (secondary N) is 1. The van der Waals surface area contributed by atoms with Gasteiger partial charge < -0.3 is 24.8 Å². The molecule has 4 aromatic rings. The first-order valence-corrected chi connectivity index (χ1v) is 12.3. The number of benzene rings is 2. The van der Waals surface area contributed by atoms with Gasteiger partial charge in [0.1, 0.15) is 43.5 Å². The van der Waals surface area contributed by atoms with E-state index >= 15 is 0 Å². The third-order valence-electron chi connectivity index (χ3n) is 6.43. The lowest BCUT2D eigenvalue weighted by Crippen LogP contribution is -2.40. The summed E-state index contributed by atoms with van der Waals surface area (Å²) in [4.78, 5) is 26.9. The lowest BCUT2D eigenvalue weighted by atomic mass is 10.1. The maximum absolute atomic E-state index is 12.0. The second-order valence-electron chi connectivity index (χ2n) is 8.94. The Bertz CT molecular complexity index is 1380. The van der Waals surface area contributed by atoms with E-state index in [0.29, 0.717) is 31.3 Å². The number of ether oxygens (including phenoxy) is 2. The van der Waals surface area contributed by atoms with Gasteiger partial charge in [-0.05, 0) is 67.8 Å². The van der Waals surface area contributed by atoms with Crippen molar-refractivity contribution in [1.82, 2.24) is 19.9 Å². The largest absolute Gasteiger partial charge is 0.491 e. The van der Waals surface area contributed by atoms with Crippen LogP contribution < -0.4 is 14.8 Å². The first-order chi connectivity index (χ1) is 18.1. The summed E-state index contributed by atoms with van der Waals surface area (Å²) in [7, 11) is 0. The highest BCUT2D eigenvalue weighted by atomic mass is 16.5. The third kappa shape index (κ3) is 5.62. The molecular formula is C28H29N5O4. The van der Waals surface area contributed by atoms with E-state index in [-0.39, 0.29) is 11.9 Å². The number of aryl methyl sites for hydroxylation is 1. The van der Waals surface area contributed by atoms with E-state index in [1.807, 2.05) is 61.5 Å². The number of rotatable bonds is 9. The van der Waals surface area contributed by atoms with Crippen LogP contribution in [0, 0.1) is 6.92 Å². The number of aliphatic hydroxyl groups excluding tert-OH is 1. The van der Waals surface area contributed by atoms with E-state index in [1.165, 1.54) is 6.33 Å². The van der Waals surface area contributed by atoms with Gasteiger partial charge in [0.05, 0.1) is 22.6 Å². The number of amides is 1. The minimum absolute atomic E-state index is 0.0720. The Labute approximate surface area is 215 Å². The van der Waals surface area contributed by atoms with E-state index in [2.05, 4.69) is 20.3 Å². The zero-order chi connectivity index (χ0) is 25.6. The quantitative estimate of drug-likeness (QED) is 0.355. The number of likely N-dealkylation sites (tertiary alicyclic amines) is 1. The molecule has 2 aromatic carbocycles. The number of anilines is 2. The lowest BCUT2D eigenvalue weighted by molar-refractivity contribution is -0.135. The topological polar surface area (TPSA) is 110 Å². The Morgan fingerprint density at radius 3 is 2.81 bits per heavy atom. The predicted octanol–water partition coefficient (Wildman–Crippen LogP) is 4.02. The molecule has 0 bridgehead atoms. The van der Waals surface area contributed by atoms with Crippen LogP contribution in [-0.2, 0) is 11.4 Å². The van der Waals surface area contributed by atoms with Gasteiger partial charge in [-0.15, -0.1) is 0 Å². The van der Waals surface area contributed by atoms with Crippen molar-refractivity contribution >= 4 is 28.3 Å². The van der Waals surface area contributed by atoms with Gasteiger partial charge in [0.25, 0.3) is 0 Å². The number of carbonyl (C=O) groups excluding carboxylic acids is 1. The normalized spacial score (nSPS) is 15.1. The molecule has 190 valence electrons. The number of carbonyl (C=O) groups is 1. The fourth-order valence-corrected chi connectivity index (χ4v) is 4.57. The molecule has 1 amide bonds. The fourth-order valence-electron chi connectivity index (χ4n) is 4.57. The molecule has 1 atom stereocenters. The number of fused-ring (bicyclic) bond motifs is 1. The Balaban J connectivity index is 1.33. The maximum Gasteiger partial charge on any atom is 0.248 e. The molecule has 0 saturated carbocycles. The van der Waals surface area contributed by atoms with E-state index in [0.717, 1.165) is 46.4 Å². The third-order valence-corrected chi connectivity index (χ3v) is 6.43. The molecule has 1 aliphatic heterocycles. The molecule has 9 nitrogen and oxygen atoms in total. The van der Waals surface area contributed by atoms with Crippen molar-refractivity contribution in [2.75, 3.05) is 25.1 Å². The predicted molar refractivity (Wildman–Crippen MR) is 140 cm³/mol. The Morgan fingerprint density at radius 2 is 2.00 bits per heavy atom. The Kier molecular flexibility index (Phi) is 7.41. The van der Waals surface area contributed by atoms with Gasteiger partial charge in [0.2, 0.25) is 5.91 Å². The van der Waals surface area contributed by atoms with E-state index < -0.39 is 6.61 Å². The maximum atomic E-state index is 12.0. The van der Waals surface area contributed by atoms with Crippen LogP contribution in [0.1, 0.15) is 24.1 Å². The minimum atomic E-state index is -0.487. The lowest BCUT2D eigenvalue weighted by Gasteiger charge is -2.24. The summed E-state index contributed by atoms with van der Waals surface area (Å²) in [5, 5.41) is 13.4. The molecule has 3 heterocycles. The van der Waals surface area contributed by atoms with Gasteiger partial charge in [-0.25, -0.2) is 9.97 Å². The van der Waals surface area contributed by atoms with Gasteiger partial charge in [0, 0.05) is 18.4 Å². The van der Waals surface area contributed by atoms with Gasteiger partial charge in [-0.1, -0.05) is 12.1 Å². The van der Waals surface area contributed by atoms with Crippen LogP contribution in [-0.4, -0.2) is 56.7 Å². The highest BCUT2D eigenvalue weighted by molar-refractivity contribution is 5.95. The molecule has 2 aromatic heterocycles. The van der Waals surface area contributed by atoms with Crippen molar-refractivity contribution in [3.63, 3.8) is 0 Å². The van der Waals surface area contributed by atoms with E-state index in [1.54, 1.807) is 11.1 Å². The van der Waals surface area contributed by atoms with Gasteiger partial charge in [-0.2, -0.15) is 0 Å². The summed E-state index contributed by atoms with van der Waals surface area (Å²) in [6, 6.07) is 17.2. The van der Waals surface area contributed by atoms with Crippen LogP contribution in [0.5, 0.6) is 11.5 Å². The average Bonchev–Trinajstić information content (AvgIpc) is 3.40. The molecule has 2 N–H and O–H groups in total. The standard InChI is InChI=1S/C28H29N5O4/c1-19-14-20(10-11-24(19)36-16-21-6-2-3-12-29-21)32-28-27-23(30-18-31-28)8-4-9-25(27)37-17-22-7-5-13-33(22)26(35)15-34/h2-4,6,8-12,14,18,22,34H,5,7,13,15-17H2,1H3,(H,30,31,32)/t22-/m1/s1. The molecule has 0 spiro atoms. The summed E-state index contributed by atoms with van der Waals surface area (Å²) >= 11 is 0. The zero-order valence-electron chi connectivity index (χ0n) is 20.6. The number of nitrogens with zero attached hydrogens (tertiary/aromatic N) is 4. The smallest absolute Gasteiger partial charge is 0.248 e. The first-order valence-electron chi connectivity index (χ1n) is 12.3. The van der Waals surface area contributed by atoms with Crippen LogP contribution in [0.4, 0.5) is 11.5 Å². The SMILES string of the molecule is Cc1cc(Nc2ncnc3cccc(OC[C@H]4CCCN4C(=O)CO)c23)ccc1OCc1ccccn1. The van der Waals surface area contributed by atoms with Crippen LogP contribution >= 0.6 is 0 Å². The molecule has 1 aliphatic rings. The zero-order valence-corrected chi connectivity index (χ0v) is 20.6. The minimum Gasteiger partial charge on any atom is -0.491 e. The highest BCUT2D eigenvalue weighted by Gasteiger charge is 2.29. The number of aromatic nitrogens is 3. The van der Waals surface area contributed by atoms with Crippen molar-refractivity contribution in [3.8, 4) is 11.5 Å². The second-order valence-corrected chi connectivity index (χ2v) is 8.94. The van der Waals surface area contributed by atoms with Crippen molar-refractivity contribution in [2.24, 2.45) is 0 Å². The first kappa shape index (κ1) is 24.5. The Morgan fingerprint density at radius 1 is 1.08 bits per heavy atom. The Hall–Kier alpha value is -4.24. The van der Waals surface area contributed by atoms with Crippen molar-refractivity contribution in [1.29, 1.82) is 0 Å². The summed E-state index contributed by atoms with van der Waals surface area (Å²) in [6.07, 6.45) is 5.00. The van der Waals surface area contributed by atoms with Crippen molar-refractivity contribution in [3.05, 3.63) is 78.4 Å². The molecule has 0 unspecified atom stereocenters. The molecule has 9 heteroatoms. The monoisotopic (exact) mass is 499 g/mol. The molecular weight excluding hydrogens is 470 g/mol. The fraction of sp³-hybridized carbons (Fsp3) is 0.286. The average molecular weight is 500 g/mol. The molecule has 1 saturated heterocycles. The number of pyridine rings is 1. The molecule has 1 fully saturated rings. The van der Waals surface area contributed by atoms with Gasteiger partial charge in [0.15, 0.2) is 0 Å². The van der Waals surface area contributed by atoms with Crippen LogP contribution in [0.2, 0.25) is 0 Å². The van der Waals surface area contributed by atoms with Crippen molar-refractivity contribution in [2.45, 2.75) is 32.4 Å². The van der Waals surface area contributed by atoms with Crippen LogP contribution in [0.15, 0.2) is 67.1 Å². The highest BCUT2D eigenvalue weighted by Crippen LogP contribution is 2.33. The summed E-state index contributed by atoms with van der Waals surface area (Å²) in [5.41, 5.74) is 3.45. The molecule has 37 heavy (non-hydrogen) atoms. The molecule has 5 rings (SSSR count). The number of hydrogen-bond donors (Lipinski definition) is 2. The van der Waals surface area contributed by atoms with Crippen LogP contribution in [0.25, 0.3) is 10.9 Å². The summed E-state index contributed by atoms with van der Waals surface area (Å²) in [5.74, 6) is 1.77. The van der Waals surface area contributed by atoms with Gasteiger partial charge >= 0.3 is 0 Å². The van der Waals surface area contributed by atoms with Gasteiger partial charge in [-0.3, -0.25) is 9.78 Å². The second kappa shape index (κ2) is 11.2.